The summed E-state index contributed by atoms with van der Waals surface area (Å²) < 4.78 is 21.8. The summed E-state index contributed by atoms with van der Waals surface area (Å²) in [6.45, 7) is 6.03. The smallest absolute Gasteiger partial charge is 0.328 e. The zero-order chi connectivity index (χ0) is 23.0. The standard InChI is InChI=1S/C24H28N2O5/c1-6-30-21-13-16(7-9-19(21)28-4)18(11-12-25)17-8-10-20(29-5)22(14-17)31-24(27)23(26)15(2)3/h7-11,13-15,23H,6,26H2,1-5H3. The SMILES string of the molecule is CCOc1cc(C(=CC#N)c2ccc(OC)c(OC(=O)C(N)C(C)C)c2)ccc1OC. The number of allylic oxidation sites excluding steroid dienone is 1. The number of carbonyl (C=O) groups is 1. The Labute approximate surface area is 183 Å². The van der Waals surface area contributed by atoms with Crippen LogP contribution in [0.5, 0.6) is 23.0 Å². The van der Waals surface area contributed by atoms with E-state index in [4.69, 9.17) is 24.7 Å². The normalized spacial score (nSPS) is 12.1. The molecule has 0 saturated heterocycles. The minimum atomic E-state index is -0.766. The summed E-state index contributed by atoms with van der Waals surface area (Å²) in [6.07, 6.45) is 1.42. The molecule has 2 N–H and O–H groups in total. The lowest BCUT2D eigenvalue weighted by atomic mass is 9.97. The molecule has 0 fully saturated rings. The first-order valence-electron chi connectivity index (χ1n) is 9.92. The first-order chi connectivity index (χ1) is 14.9. The Kier molecular flexibility index (Phi) is 8.47. The van der Waals surface area contributed by atoms with Gasteiger partial charge >= 0.3 is 5.97 Å². The lowest BCUT2D eigenvalue weighted by molar-refractivity contribution is -0.136. The van der Waals surface area contributed by atoms with Crippen LogP contribution < -0.4 is 24.7 Å². The number of methoxy groups -OCH3 is 2. The Morgan fingerprint density at radius 1 is 1.03 bits per heavy atom. The molecule has 0 aromatic heterocycles. The van der Waals surface area contributed by atoms with Crippen molar-refractivity contribution in [2.45, 2.75) is 26.8 Å². The van der Waals surface area contributed by atoms with E-state index in [-0.39, 0.29) is 11.7 Å². The van der Waals surface area contributed by atoms with Gasteiger partial charge in [-0.05, 0) is 53.8 Å². The number of hydrogen-bond donors (Lipinski definition) is 1. The van der Waals surface area contributed by atoms with E-state index < -0.39 is 12.0 Å². The van der Waals surface area contributed by atoms with Crippen molar-refractivity contribution < 1.29 is 23.7 Å². The molecule has 1 atom stereocenters. The van der Waals surface area contributed by atoms with Gasteiger partial charge in [0.2, 0.25) is 0 Å². The fraction of sp³-hybridized carbons (Fsp3) is 0.333. The Morgan fingerprint density at radius 3 is 2.06 bits per heavy atom. The van der Waals surface area contributed by atoms with Gasteiger partial charge in [0.25, 0.3) is 0 Å². The van der Waals surface area contributed by atoms with Gasteiger partial charge in [0.05, 0.1) is 26.9 Å². The maximum atomic E-state index is 12.4. The number of nitrogens with zero attached hydrogens (tertiary/aromatic N) is 1. The second kappa shape index (κ2) is 11.0. The van der Waals surface area contributed by atoms with Crippen LogP contribution in [0.3, 0.4) is 0 Å². The molecule has 0 bridgehead atoms. The summed E-state index contributed by atoms with van der Waals surface area (Å²) in [7, 11) is 3.05. The molecule has 2 rings (SSSR count). The van der Waals surface area contributed by atoms with Crippen LogP contribution in [0.4, 0.5) is 0 Å². The van der Waals surface area contributed by atoms with Gasteiger partial charge in [-0.25, -0.2) is 4.79 Å². The molecule has 0 aliphatic rings. The van der Waals surface area contributed by atoms with E-state index in [1.54, 1.807) is 37.4 Å². The van der Waals surface area contributed by atoms with E-state index in [1.165, 1.54) is 13.2 Å². The summed E-state index contributed by atoms with van der Waals surface area (Å²) in [6, 6.07) is 11.8. The zero-order valence-corrected chi connectivity index (χ0v) is 18.5. The number of nitrogens with two attached hydrogens (primary N) is 1. The molecule has 2 aromatic carbocycles. The molecule has 0 spiro atoms. The van der Waals surface area contributed by atoms with Gasteiger partial charge in [-0.15, -0.1) is 0 Å². The molecule has 164 valence electrons. The third-order valence-corrected chi connectivity index (χ3v) is 4.66. The number of esters is 1. The van der Waals surface area contributed by atoms with E-state index in [0.717, 1.165) is 5.56 Å². The Morgan fingerprint density at radius 2 is 1.58 bits per heavy atom. The molecule has 0 saturated carbocycles. The summed E-state index contributed by atoms with van der Waals surface area (Å²) in [5.41, 5.74) is 7.94. The van der Waals surface area contributed by atoms with Crippen molar-refractivity contribution in [2.75, 3.05) is 20.8 Å². The molecule has 1 unspecified atom stereocenters. The first-order valence-corrected chi connectivity index (χ1v) is 9.92. The molecular formula is C24H28N2O5. The van der Waals surface area contributed by atoms with E-state index >= 15 is 0 Å². The third-order valence-electron chi connectivity index (χ3n) is 4.66. The molecule has 7 heteroatoms. The minimum Gasteiger partial charge on any atom is -0.493 e. The Balaban J connectivity index is 2.51. The predicted octanol–water partition coefficient (Wildman–Crippen LogP) is 3.95. The third kappa shape index (κ3) is 5.77. The van der Waals surface area contributed by atoms with E-state index in [9.17, 15) is 10.1 Å². The number of benzene rings is 2. The van der Waals surface area contributed by atoms with Gasteiger partial charge < -0.3 is 24.7 Å². The maximum Gasteiger partial charge on any atom is 0.328 e. The Bertz CT molecular complexity index is 992. The van der Waals surface area contributed by atoms with Crippen molar-refractivity contribution in [2.24, 2.45) is 11.7 Å². The molecule has 7 nitrogen and oxygen atoms in total. The lowest BCUT2D eigenvalue weighted by Gasteiger charge is -2.17. The zero-order valence-electron chi connectivity index (χ0n) is 18.5. The molecule has 0 heterocycles. The largest absolute Gasteiger partial charge is 0.493 e. The second-order valence-electron chi connectivity index (χ2n) is 7.04. The van der Waals surface area contributed by atoms with Crippen LogP contribution >= 0.6 is 0 Å². The van der Waals surface area contributed by atoms with Crippen LogP contribution in [0.1, 0.15) is 31.9 Å². The van der Waals surface area contributed by atoms with Crippen LogP contribution in [-0.2, 0) is 4.79 Å². The highest BCUT2D eigenvalue weighted by atomic mass is 16.6. The topological polar surface area (TPSA) is 104 Å². The first kappa shape index (κ1) is 23.8. The number of ether oxygens (including phenoxy) is 4. The van der Waals surface area contributed by atoms with E-state index in [2.05, 4.69) is 6.07 Å². The van der Waals surface area contributed by atoms with Crippen LogP contribution in [0, 0.1) is 17.2 Å². The summed E-state index contributed by atoms with van der Waals surface area (Å²) in [5, 5.41) is 9.37. The molecule has 31 heavy (non-hydrogen) atoms. The minimum absolute atomic E-state index is 0.0768. The molecule has 0 aliphatic carbocycles. The average Bonchev–Trinajstić information content (AvgIpc) is 2.77. The van der Waals surface area contributed by atoms with Crippen molar-refractivity contribution >= 4 is 11.5 Å². The highest BCUT2D eigenvalue weighted by Gasteiger charge is 2.22. The summed E-state index contributed by atoms with van der Waals surface area (Å²) >= 11 is 0. The lowest BCUT2D eigenvalue weighted by Crippen LogP contribution is -2.38. The van der Waals surface area contributed by atoms with Gasteiger partial charge in [-0.3, -0.25) is 0 Å². The number of nitriles is 1. The van der Waals surface area contributed by atoms with Crippen molar-refractivity contribution in [3.05, 3.63) is 53.6 Å². The van der Waals surface area contributed by atoms with Crippen LogP contribution in [0.25, 0.3) is 5.57 Å². The van der Waals surface area contributed by atoms with Gasteiger partial charge in [0, 0.05) is 6.08 Å². The highest BCUT2D eigenvalue weighted by Crippen LogP contribution is 2.36. The van der Waals surface area contributed by atoms with Crippen molar-refractivity contribution in [3.8, 4) is 29.1 Å². The number of carbonyl (C=O) groups excluding carboxylic acids is 1. The monoisotopic (exact) mass is 424 g/mol. The van der Waals surface area contributed by atoms with Crippen LogP contribution in [0.2, 0.25) is 0 Å². The fourth-order valence-electron chi connectivity index (χ4n) is 2.88. The van der Waals surface area contributed by atoms with E-state index in [1.807, 2.05) is 26.8 Å². The molecule has 0 radical (unpaired) electrons. The van der Waals surface area contributed by atoms with Gasteiger partial charge in [0.15, 0.2) is 23.0 Å². The highest BCUT2D eigenvalue weighted by molar-refractivity contribution is 5.84. The average molecular weight is 424 g/mol. The predicted molar refractivity (Wildman–Crippen MR) is 118 cm³/mol. The Hall–Kier alpha value is -3.50. The molecule has 0 amide bonds. The summed E-state index contributed by atoms with van der Waals surface area (Å²) in [4.78, 5) is 12.4. The van der Waals surface area contributed by atoms with Gasteiger partial charge in [0.1, 0.15) is 6.04 Å². The van der Waals surface area contributed by atoms with Crippen molar-refractivity contribution in [3.63, 3.8) is 0 Å². The van der Waals surface area contributed by atoms with Crippen LogP contribution in [-0.4, -0.2) is 32.8 Å². The fourth-order valence-corrected chi connectivity index (χ4v) is 2.88. The van der Waals surface area contributed by atoms with Crippen molar-refractivity contribution in [1.82, 2.24) is 0 Å². The molecular weight excluding hydrogens is 396 g/mol. The maximum absolute atomic E-state index is 12.4. The van der Waals surface area contributed by atoms with Crippen molar-refractivity contribution in [1.29, 1.82) is 5.26 Å². The van der Waals surface area contributed by atoms with Gasteiger partial charge in [-0.1, -0.05) is 26.0 Å². The number of hydrogen-bond acceptors (Lipinski definition) is 7. The molecule has 2 aromatic rings. The van der Waals surface area contributed by atoms with Gasteiger partial charge in [-0.2, -0.15) is 5.26 Å². The van der Waals surface area contributed by atoms with Crippen LogP contribution in [0.15, 0.2) is 42.5 Å². The molecule has 0 aliphatic heterocycles. The summed E-state index contributed by atoms with van der Waals surface area (Å²) in [5.74, 6) is 1.13. The van der Waals surface area contributed by atoms with E-state index in [0.29, 0.717) is 35.0 Å². The quantitative estimate of drug-likeness (QED) is 0.369. The number of rotatable bonds is 9. The second-order valence-corrected chi connectivity index (χ2v) is 7.04.